The number of pyridine rings is 1. The molecule has 8 nitrogen and oxygen atoms in total. The number of nitrogens with zero attached hydrogens (tertiary/aromatic N) is 1. The average Bonchev–Trinajstić information content (AvgIpc) is 3.29. The lowest BCUT2D eigenvalue weighted by Crippen LogP contribution is -2.14. The Morgan fingerprint density at radius 3 is 2.53 bits per heavy atom. The standard InChI is InChI=1S/C24H27N3O5S2/c1-4-32-24(30)18-12(2)16(23(29)31-3)22(33-18)27-20(28)19-17(25)14-11-13-9-7-5-6-8-10-15(13)26-21(14)34-19/h11H,4-10,25H2,1-3H3,(H,27,28). The fourth-order valence-corrected chi connectivity index (χ4v) is 6.26. The predicted octanol–water partition coefficient (Wildman–Crippen LogP) is 5.12. The number of aryl methyl sites for hydroxylation is 2. The smallest absolute Gasteiger partial charge is 0.348 e. The molecule has 3 heterocycles. The number of carbonyl (C=O) groups is 3. The molecule has 1 amide bonds. The maximum atomic E-state index is 13.2. The van der Waals surface area contributed by atoms with E-state index in [2.05, 4.69) is 11.4 Å². The number of thiophene rings is 2. The van der Waals surface area contributed by atoms with Gasteiger partial charge in [-0.05, 0) is 56.7 Å². The molecule has 1 aliphatic carbocycles. The SMILES string of the molecule is CCOC(=O)c1sc(NC(=O)c2sc3nc4c(cc3c2N)CCCCCC4)c(C(=O)OC)c1C. The van der Waals surface area contributed by atoms with Crippen molar-refractivity contribution in [1.82, 2.24) is 4.98 Å². The van der Waals surface area contributed by atoms with Crippen molar-refractivity contribution in [2.45, 2.75) is 52.4 Å². The third-order valence-electron chi connectivity index (χ3n) is 5.93. The van der Waals surface area contributed by atoms with Crippen molar-refractivity contribution in [3.05, 3.63) is 38.2 Å². The van der Waals surface area contributed by atoms with Crippen LogP contribution in [0.3, 0.4) is 0 Å². The molecule has 0 radical (unpaired) electrons. The molecule has 180 valence electrons. The van der Waals surface area contributed by atoms with Gasteiger partial charge in [-0.3, -0.25) is 4.79 Å². The highest BCUT2D eigenvalue weighted by Gasteiger charge is 2.28. The molecule has 0 fully saturated rings. The van der Waals surface area contributed by atoms with Crippen molar-refractivity contribution in [2.24, 2.45) is 0 Å². The molecule has 10 heteroatoms. The van der Waals surface area contributed by atoms with E-state index in [9.17, 15) is 14.4 Å². The van der Waals surface area contributed by atoms with Gasteiger partial charge in [0.25, 0.3) is 5.91 Å². The summed E-state index contributed by atoms with van der Waals surface area (Å²) in [5.41, 5.74) is 9.57. The zero-order chi connectivity index (χ0) is 24.4. The Bertz CT molecular complexity index is 1280. The van der Waals surface area contributed by atoms with E-state index in [1.54, 1.807) is 13.8 Å². The molecule has 0 atom stereocenters. The number of ether oxygens (including phenoxy) is 2. The first-order valence-electron chi connectivity index (χ1n) is 11.3. The molecular weight excluding hydrogens is 474 g/mol. The molecule has 0 aromatic carbocycles. The number of fused-ring (bicyclic) bond motifs is 2. The van der Waals surface area contributed by atoms with Crippen LogP contribution in [-0.2, 0) is 22.3 Å². The van der Waals surface area contributed by atoms with Gasteiger partial charge in [0, 0.05) is 11.1 Å². The number of nitrogens with two attached hydrogens (primary N) is 1. The second-order valence-electron chi connectivity index (χ2n) is 8.13. The summed E-state index contributed by atoms with van der Waals surface area (Å²) in [7, 11) is 1.25. The first-order valence-corrected chi connectivity index (χ1v) is 12.9. The number of methoxy groups -OCH3 is 1. The van der Waals surface area contributed by atoms with E-state index in [-0.39, 0.29) is 22.0 Å². The highest BCUT2D eigenvalue weighted by atomic mass is 32.1. The van der Waals surface area contributed by atoms with Crippen molar-refractivity contribution in [1.29, 1.82) is 0 Å². The maximum Gasteiger partial charge on any atom is 0.348 e. The van der Waals surface area contributed by atoms with Crippen molar-refractivity contribution in [3.63, 3.8) is 0 Å². The monoisotopic (exact) mass is 501 g/mol. The number of nitrogen functional groups attached to an aromatic ring is 1. The fourth-order valence-electron chi connectivity index (χ4n) is 4.18. The Morgan fingerprint density at radius 1 is 1.09 bits per heavy atom. The van der Waals surface area contributed by atoms with Crippen LogP contribution in [0.1, 0.15) is 79.1 Å². The molecule has 4 rings (SSSR count). The van der Waals surface area contributed by atoms with Crippen molar-refractivity contribution >= 4 is 61.4 Å². The number of esters is 2. The number of amides is 1. The number of nitrogens with one attached hydrogen (secondary N) is 1. The van der Waals surface area contributed by atoms with E-state index in [4.69, 9.17) is 20.2 Å². The van der Waals surface area contributed by atoms with Gasteiger partial charge in [-0.1, -0.05) is 12.8 Å². The topological polar surface area (TPSA) is 121 Å². The van der Waals surface area contributed by atoms with Crippen LogP contribution in [0.5, 0.6) is 0 Å². The van der Waals surface area contributed by atoms with Crippen LogP contribution < -0.4 is 11.1 Å². The van der Waals surface area contributed by atoms with Crippen molar-refractivity contribution in [2.75, 3.05) is 24.8 Å². The Balaban J connectivity index is 1.70. The molecule has 0 bridgehead atoms. The maximum absolute atomic E-state index is 13.2. The zero-order valence-corrected chi connectivity index (χ0v) is 21.0. The van der Waals surface area contributed by atoms with Crippen LogP contribution >= 0.6 is 22.7 Å². The van der Waals surface area contributed by atoms with Gasteiger partial charge < -0.3 is 20.5 Å². The van der Waals surface area contributed by atoms with E-state index >= 15 is 0 Å². The Hall–Kier alpha value is -2.98. The lowest BCUT2D eigenvalue weighted by molar-refractivity contribution is 0.0531. The van der Waals surface area contributed by atoms with E-state index in [0.717, 1.165) is 52.9 Å². The highest BCUT2D eigenvalue weighted by Crippen LogP contribution is 2.38. The third-order valence-corrected chi connectivity index (χ3v) is 8.23. The van der Waals surface area contributed by atoms with Gasteiger partial charge in [-0.25, -0.2) is 14.6 Å². The lowest BCUT2D eigenvalue weighted by Gasteiger charge is -2.12. The van der Waals surface area contributed by atoms with Gasteiger partial charge in [0.1, 0.15) is 19.6 Å². The second kappa shape index (κ2) is 10.1. The number of hydrogen-bond acceptors (Lipinski definition) is 9. The minimum absolute atomic E-state index is 0.129. The molecule has 0 aliphatic heterocycles. The van der Waals surface area contributed by atoms with E-state index < -0.39 is 17.8 Å². The summed E-state index contributed by atoms with van der Waals surface area (Å²) in [5, 5.41) is 3.76. The number of rotatable bonds is 5. The van der Waals surface area contributed by atoms with E-state index in [1.165, 1.54) is 36.9 Å². The van der Waals surface area contributed by atoms with Crippen LogP contribution in [0.4, 0.5) is 10.7 Å². The molecule has 3 N–H and O–H groups in total. The van der Waals surface area contributed by atoms with E-state index in [1.807, 2.05) is 0 Å². The van der Waals surface area contributed by atoms with Crippen LogP contribution in [0.15, 0.2) is 6.07 Å². The van der Waals surface area contributed by atoms with Crippen LogP contribution in [0.2, 0.25) is 0 Å². The van der Waals surface area contributed by atoms with Crippen molar-refractivity contribution < 1.29 is 23.9 Å². The highest BCUT2D eigenvalue weighted by molar-refractivity contribution is 7.21. The van der Waals surface area contributed by atoms with Gasteiger partial charge in [-0.15, -0.1) is 22.7 Å². The Morgan fingerprint density at radius 2 is 1.82 bits per heavy atom. The van der Waals surface area contributed by atoms with Gasteiger partial charge >= 0.3 is 11.9 Å². The quantitative estimate of drug-likeness (QED) is 0.465. The summed E-state index contributed by atoms with van der Waals surface area (Å²) in [4.78, 5) is 44.1. The normalized spacial score (nSPS) is 13.6. The number of hydrogen-bond donors (Lipinski definition) is 2. The molecule has 1 aliphatic rings. The molecule has 3 aromatic rings. The van der Waals surface area contributed by atoms with Gasteiger partial charge in [-0.2, -0.15) is 0 Å². The van der Waals surface area contributed by atoms with Crippen LogP contribution in [0.25, 0.3) is 10.2 Å². The molecular formula is C24H27N3O5S2. The molecule has 0 saturated carbocycles. The van der Waals surface area contributed by atoms with Gasteiger partial charge in [0.05, 0.1) is 25.0 Å². The Labute approximate surface area is 205 Å². The summed E-state index contributed by atoms with van der Waals surface area (Å²) >= 11 is 2.21. The number of aromatic nitrogens is 1. The van der Waals surface area contributed by atoms with Gasteiger partial charge in [0.2, 0.25) is 0 Å². The largest absolute Gasteiger partial charge is 0.465 e. The summed E-state index contributed by atoms with van der Waals surface area (Å²) in [5.74, 6) is -1.67. The van der Waals surface area contributed by atoms with Crippen LogP contribution in [-0.4, -0.2) is 36.5 Å². The minimum atomic E-state index is -0.648. The Kier molecular flexibility index (Phi) is 7.18. The number of carbonyl (C=O) groups excluding carboxylic acids is 3. The lowest BCUT2D eigenvalue weighted by atomic mass is 9.96. The van der Waals surface area contributed by atoms with E-state index in [0.29, 0.717) is 16.1 Å². The first-order chi connectivity index (χ1) is 16.3. The molecule has 0 saturated heterocycles. The summed E-state index contributed by atoms with van der Waals surface area (Å²) in [6.45, 7) is 3.52. The molecule has 3 aromatic heterocycles. The molecule has 34 heavy (non-hydrogen) atoms. The summed E-state index contributed by atoms with van der Waals surface area (Å²) in [6, 6.07) is 2.07. The zero-order valence-electron chi connectivity index (χ0n) is 19.4. The first kappa shape index (κ1) is 24.2. The van der Waals surface area contributed by atoms with Crippen molar-refractivity contribution in [3.8, 4) is 0 Å². The molecule has 0 unspecified atom stereocenters. The predicted molar refractivity (Wildman–Crippen MR) is 134 cm³/mol. The number of anilines is 2. The van der Waals surface area contributed by atoms with Gasteiger partial charge in [0.15, 0.2) is 0 Å². The molecule has 0 spiro atoms. The van der Waals surface area contributed by atoms with Crippen LogP contribution in [0, 0.1) is 6.92 Å². The third kappa shape index (κ3) is 4.52. The minimum Gasteiger partial charge on any atom is -0.465 e. The average molecular weight is 502 g/mol. The summed E-state index contributed by atoms with van der Waals surface area (Å²) < 4.78 is 9.97. The fraction of sp³-hybridized carbons (Fsp3) is 0.417. The second-order valence-corrected chi connectivity index (χ2v) is 10.2. The summed E-state index contributed by atoms with van der Waals surface area (Å²) in [6.07, 6.45) is 6.53.